The molecule has 2 amide bonds. The van der Waals surface area contributed by atoms with E-state index in [1.807, 2.05) is 55.5 Å². The van der Waals surface area contributed by atoms with Crippen molar-refractivity contribution in [3.63, 3.8) is 0 Å². The number of aryl methyl sites for hydroxylation is 1. The number of nitrogens with zero attached hydrogens (tertiary/aromatic N) is 1. The van der Waals surface area contributed by atoms with Crippen LogP contribution in [0.15, 0.2) is 72.8 Å². The first-order valence-electron chi connectivity index (χ1n) is 9.08. The number of halogens is 1. The van der Waals surface area contributed by atoms with Gasteiger partial charge in [-0.2, -0.15) is 0 Å². The smallest absolute Gasteiger partial charge is 0.259 e. The van der Waals surface area contributed by atoms with Gasteiger partial charge in [0.05, 0.1) is 10.7 Å². The SMILES string of the molecule is Cc1ccc(NC(=O)C2Cc3ccccc3N2C(=O)c2ccccc2)c(Cl)c1. The number of nitrogens with one attached hydrogen (secondary N) is 1. The lowest BCUT2D eigenvalue weighted by molar-refractivity contribution is -0.117. The summed E-state index contributed by atoms with van der Waals surface area (Å²) in [5.74, 6) is -0.452. The van der Waals surface area contributed by atoms with Crippen molar-refractivity contribution >= 4 is 34.8 Å². The van der Waals surface area contributed by atoms with Crippen LogP contribution < -0.4 is 10.2 Å². The van der Waals surface area contributed by atoms with Gasteiger partial charge in [0.1, 0.15) is 6.04 Å². The van der Waals surface area contributed by atoms with Crippen LogP contribution in [-0.2, 0) is 11.2 Å². The third-order valence-electron chi connectivity index (χ3n) is 4.90. The van der Waals surface area contributed by atoms with E-state index in [1.165, 1.54) is 0 Å². The van der Waals surface area contributed by atoms with E-state index in [-0.39, 0.29) is 11.8 Å². The maximum Gasteiger partial charge on any atom is 0.259 e. The van der Waals surface area contributed by atoms with Crippen molar-refractivity contribution in [2.75, 3.05) is 10.2 Å². The first-order valence-corrected chi connectivity index (χ1v) is 9.46. The molecule has 0 spiro atoms. The van der Waals surface area contributed by atoms with Crippen LogP contribution >= 0.6 is 11.6 Å². The number of carbonyl (C=O) groups is 2. The summed E-state index contributed by atoms with van der Waals surface area (Å²) in [5.41, 5.74) is 3.84. The van der Waals surface area contributed by atoms with Crippen LogP contribution in [0.1, 0.15) is 21.5 Å². The van der Waals surface area contributed by atoms with E-state index in [0.717, 1.165) is 16.8 Å². The molecule has 1 atom stereocenters. The lowest BCUT2D eigenvalue weighted by atomic mass is 10.1. The van der Waals surface area contributed by atoms with Crippen molar-refractivity contribution in [2.45, 2.75) is 19.4 Å². The van der Waals surface area contributed by atoms with Gasteiger partial charge in [0.15, 0.2) is 0 Å². The van der Waals surface area contributed by atoms with Crippen LogP contribution in [0.3, 0.4) is 0 Å². The fraction of sp³-hybridized carbons (Fsp3) is 0.130. The molecule has 3 aromatic rings. The Morgan fingerprint density at radius 3 is 2.46 bits per heavy atom. The average Bonchev–Trinajstić information content (AvgIpc) is 3.10. The second kappa shape index (κ2) is 7.49. The molecule has 0 aliphatic carbocycles. The lowest BCUT2D eigenvalue weighted by Crippen LogP contribution is -2.45. The van der Waals surface area contributed by atoms with Crippen LogP contribution in [0.2, 0.25) is 5.02 Å². The zero-order valence-corrected chi connectivity index (χ0v) is 16.1. The predicted molar refractivity (Wildman–Crippen MR) is 112 cm³/mol. The number of carbonyl (C=O) groups excluding carboxylic acids is 2. The first kappa shape index (κ1) is 18.3. The molecule has 1 aliphatic rings. The molecule has 0 bridgehead atoms. The molecule has 0 saturated carbocycles. The summed E-state index contributed by atoms with van der Waals surface area (Å²) >= 11 is 6.27. The highest BCUT2D eigenvalue weighted by Gasteiger charge is 2.38. The monoisotopic (exact) mass is 390 g/mol. The van der Waals surface area contributed by atoms with Crippen molar-refractivity contribution in [1.82, 2.24) is 0 Å². The molecule has 1 N–H and O–H groups in total. The number of rotatable bonds is 3. The zero-order valence-electron chi connectivity index (χ0n) is 15.4. The van der Waals surface area contributed by atoms with Gasteiger partial charge >= 0.3 is 0 Å². The quantitative estimate of drug-likeness (QED) is 0.694. The summed E-state index contributed by atoms with van der Waals surface area (Å²) in [6.07, 6.45) is 0.462. The molecule has 4 rings (SSSR count). The fourth-order valence-electron chi connectivity index (χ4n) is 3.50. The van der Waals surface area contributed by atoms with Crippen molar-refractivity contribution in [3.05, 3.63) is 94.5 Å². The number of anilines is 2. The van der Waals surface area contributed by atoms with Crippen LogP contribution in [0, 0.1) is 6.92 Å². The molecule has 5 heteroatoms. The summed E-state index contributed by atoms with van der Waals surface area (Å²) < 4.78 is 0. The largest absolute Gasteiger partial charge is 0.323 e. The third-order valence-corrected chi connectivity index (χ3v) is 5.21. The summed E-state index contributed by atoms with van der Waals surface area (Å²) in [6, 6.07) is 21.5. The Morgan fingerprint density at radius 2 is 1.71 bits per heavy atom. The molecular weight excluding hydrogens is 372 g/mol. The summed E-state index contributed by atoms with van der Waals surface area (Å²) in [7, 11) is 0. The number of hydrogen-bond donors (Lipinski definition) is 1. The van der Waals surface area contributed by atoms with Crippen LogP contribution in [0.4, 0.5) is 11.4 Å². The van der Waals surface area contributed by atoms with E-state index in [1.54, 1.807) is 29.2 Å². The van der Waals surface area contributed by atoms with E-state index in [4.69, 9.17) is 11.6 Å². The predicted octanol–water partition coefficient (Wildman–Crippen LogP) is 4.86. The average molecular weight is 391 g/mol. The minimum absolute atomic E-state index is 0.194. The molecule has 1 unspecified atom stereocenters. The first-order chi connectivity index (χ1) is 13.5. The molecule has 0 saturated heterocycles. The Morgan fingerprint density at radius 1 is 1.00 bits per heavy atom. The lowest BCUT2D eigenvalue weighted by Gasteiger charge is -2.25. The summed E-state index contributed by atoms with van der Waals surface area (Å²) in [6.45, 7) is 1.94. The standard InChI is InChI=1S/C23H19ClN2O2/c1-15-11-12-19(18(24)13-15)25-22(27)21-14-17-9-5-6-10-20(17)26(21)23(28)16-7-3-2-4-8-16/h2-13,21H,14H2,1H3,(H,25,27). The maximum absolute atomic E-state index is 13.2. The fourth-order valence-corrected chi connectivity index (χ4v) is 3.79. The van der Waals surface area contributed by atoms with E-state index >= 15 is 0 Å². The second-order valence-corrected chi connectivity index (χ2v) is 7.27. The Hall–Kier alpha value is -3.11. The van der Waals surface area contributed by atoms with Gasteiger partial charge in [-0.15, -0.1) is 0 Å². The van der Waals surface area contributed by atoms with E-state index in [9.17, 15) is 9.59 Å². The Kier molecular flexibility index (Phi) is 4.88. The van der Waals surface area contributed by atoms with Crippen LogP contribution in [-0.4, -0.2) is 17.9 Å². The molecule has 140 valence electrons. The molecule has 3 aromatic carbocycles. The highest BCUT2D eigenvalue weighted by Crippen LogP contribution is 2.34. The molecule has 0 radical (unpaired) electrons. The van der Waals surface area contributed by atoms with E-state index in [0.29, 0.717) is 22.7 Å². The van der Waals surface area contributed by atoms with Gasteiger partial charge in [0, 0.05) is 17.7 Å². The molecular formula is C23H19ClN2O2. The maximum atomic E-state index is 13.2. The molecule has 0 fully saturated rings. The van der Waals surface area contributed by atoms with Crippen LogP contribution in [0.25, 0.3) is 0 Å². The highest BCUT2D eigenvalue weighted by molar-refractivity contribution is 6.34. The molecule has 0 aromatic heterocycles. The number of amides is 2. The van der Waals surface area contributed by atoms with Gasteiger partial charge in [-0.05, 0) is 48.4 Å². The summed E-state index contributed by atoms with van der Waals surface area (Å²) in [5, 5.41) is 3.36. The van der Waals surface area contributed by atoms with Gasteiger partial charge in [-0.3, -0.25) is 14.5 Å². The van der Waals surface area contributed by atoms with E-state index < -0.39 is 6.04 Å². The van der Waals surface area contributed by atoms with Gasteiger partial charge in [-0.1, -0.05) is 54.1 Å². The number of para-hydroxylation sites is 1. The van der Waals surface area contributed by atoms with Gasteiger partial charge < -0.3 is 5.32 Å². The van der Waals surface area contributed by atoms with Crippen molar-refractivity contribution in [3.8, 4) is 0 Å². The number of fused-ring (bicyclic) bond motifs is 1. The van der Waals surface area contributed by atoms with Crippen LogP contribution in [0.5, 0.6) is 0 Å². The zero-order chi connectivity index (χ0) is 19.7. The molecule has 1 aliphatic heterocycles. The molecule has 4 nitrogen and oxygen atoms in total. The third kappa shape index (κ3) is 3.39. The second-order valence-electron chi connectivity index (χ2n) is 6.86. The highest BCUT2D eigenvalue weighted by atomic mass is 35.5. The molecule has 28 heavy (non-hydrogen) atoms. The van der Waals surface area contributed by atoms with Gasteiger partial charge in [0.2, 0.25) is 5.91 Å². The number of hydrogen-bond acceptors (Lipinski definition) is 2. The van der Waals surface area contributed by atoms with Gasteiger partial charge in [-0.25, -0.2) is 0 Å². The Balaban J connectivity index is 1.67. The molecule has 1 heterocycles. The minimum Gasteiger partial charge on any atom is -0.323 e. The van der Waals surface area contributed by atoms with E-state index in [2.05, 4.69) is 5.32 Å². The van der Waals surface area contributed by atoms with Crippen molar-refractivity contribution < 1.29 is 9.59 Å². The normalized spacial score (nSPS) is 15.2. The topological polar surface area (TPSA) is 49.4 Å². The van der Waals surface area contributed by atoms with Gasteiger partial charge in [0.25, 0.3) is 5.91 Å². The Labute approximate surface area is 168 Å². The summed E-state index contributed by atoms with van der Waals surface area (Å²) in [4.78, 5) is 27.9. The minimum atomic E-state index is -0.637. The Bertz CT molecular complexity index is 1050. The number of benzene rings is 3. The van der Waals surface area contributed by atoms with Crippen molar-refractivity contribution in [1.29, 1.82) is 0 Å². The van der Waals surface area contributed by atoms with Crippen molar-refractivity contribution in [2.24, 2.45) is 0 Å².